The molecule has 0 spiro atoms. The summed E-state index contributed by atoms with van der Waals surface area (Å²) in [7, 11) is 0. The van der Waals surface area contributed by atoms with E-state index in [-0.39, 0.29) is 12.4 Å². The quantitative estimate of drug-likeness (QED) is 0.658. The summed E-state index contributed by atoms with van der Waals surface area (Å²) in [5, 5.41) is 9.04. The van der Waals surface area contributed by atoms with Crippen LogP contribution in [0.1, 0.15) is 5.56 Å². The molecule has 0 saturated carbocycles. The van der Waals surface area contributed by atoms with Crippen LogP contribution in [0.25, 0.3) is 5.03 Å². The van der Waals surface area contributed by atoms with Gasteiger partial charge in [0.15, 0.2) is 0 Å². The van der Waals surface area contributed by atoms with Gasteiger partial charge in [-0.3, -0.25) is 0 Å². The number of hydrogen-bond acceptors (Lipinski definition) is 2. The van der Waals surface area contributed by atoms with Crippen molar-refractivity contribution in [3.63, 3.8) is 0 Å². The van der Waals surface area contributed by atoms with E-state index >= 15 is 0 Å². The van der Waals surface area contributed by atoms with E-state index in [1.165, 1.54) is 18.2 Å². The summed E-state index contributed by atoms with van der Waals surface area (Å²) < 4.78 is 18.0. The molecule has 2 rings (SSSR count). The van der Waals surface area contributed by atoms with Crippen molar-refractivity contribution in [3.05, 3.63) is 35.2 Å². The molecule has 2 nitrogen and oxygen atoms in total. The zero-order chi connectivity index (χ0) is 10.1. The summed E-state index contributed by atoms with van der Waals surface area (Å²) in [6.07, 6.45) is 0. The first kappa shape index (κ1) is 9.04. The molecule has 14 heavy (non-hydrogen) atoms. The molecule has 1 heterocycles. The molecule has 0 N–H and O–H groups in total. The molecule has 0 radical (unpaired) electrons. The highest BCUT2D eigenvalue weighted by Crippen LogP contribution is 2.35. The molecule has 4 heteroatoms. The molecule has 0 saturated heterocycles. The first-order chi connectivity index (χ1) is 6.72. The van der Waals surface area contributed by atoms with Crippen molar-refractivity contribution in [1.29, 1.82) is 5.26 Å². The van der Waals surface area contributed by atoms with E-state index in [4.69, 9.17) is 21.6 Å². The van der Waals surface area contributed by atoms with Gasteiger partial charge in [-0.2, -0.15) is 5.26 Å². The van der Waals surface area contributed by atoms with E-state index in [0.717, 1.165) is 0 Å². The molecule has 0 bridgehead atoms. The third-order valence-corrected chi connectivity index (χ3v) is 2.38. The summed E-state index contributed by atoms with van der Waals surface area (Å²) >= 11 is 5.92. The molecule has 70 valence electrons. The van der Waals surface area contributed by atoms with Crippen LogP contribution >= 0.6 is 11.6 Å². The lowest BCUT2D eigenvalue weighted by Crippen LogP contribution is -2.08. The molecule has 0 aromatic heterocycles. The second kappa shape index (κ2) is 3.32. The standard InChI is InChI=1S/C10H5ClFNO/c11-10-6(4-13)5-14-9-3-7(12)1-2-8(9)10/h1-3H,5H2. The molecule has 0 amide bonds. The molecule has 0 atom stereocenters. The number of rotatable bonds is 0. The van der Waals surface area contributed by atoms with Gasteiger partial charge in [0, 0.05) is 11.6 Å². The fourth-order valence-electron chi connectivity index (χ4n) is 1.25. The van der Waals surface area contributed by atoms with Crippen LogP contribution in [0.15, 0.2) is 23.8 Å². The van der Waals surface area contributed by atoms with E-state index < -0.39 is 0 Å². The first-order valence-corrected chi connectivity index (χ1v) is 4.31. The van der Waals surface area contributed by atoms with E-state index in [1.54, 1.807) is 0 Å². The van der Waals surface area contributed by atoms with Crippen LogP contribution in [0.2, 0.25) is 0 Å². The maximum Gasteiger partial charge on any atom is 0.131 e. The average Bonchev–Trinajstić information content (AvgIpc) is 2.18. The zero-order valence-corrected chi connectivity index (χ0v) is 7.81. The van der Waals surface area contributed by atoms with Crippen molar-refractivity contribution in [2.24, 2.45) is 0 Å². The summed E-state index contributed by atoms with van der Waals surface area (Å²) in [6, 6.07) is 5.98. The minimum atomic E-state index is -0.381. The fourth-order valence-corrected chi connectivity index (χ4v) is 1.51. The second-order valence-corrected chi connectivity index (χ2v) is 3.21. The predicted octanol–water partition coefficient (Wildman–Crippen LogP) is 2.69. The Morgan fingerprint density at radius 2 is 2.29 bits per heavy atom. The molecule has 0 aliphatic carbocycles. The topological polar surface area (TPSA) is 33.0 Å². The van der Waals surface area contributed by atoms with Gasteiger partial charge < -0.3 is 4.74 Å². The largest absolute Gasteiger partial charge is 0.487 e. The van der Waals surface area contributed by atoms with E-state index in [2.05, 4.69) is 0 Å². The van der Waals surface area contributed by atoms with Crippen molar-refractivity contribution in [1.82, 2.24) is 0 Å². The van der Waals surface area contributed by atoms with Crippen LogP contribution < -0.4 is 4.74 Å². The van der Waals surface area contributed by atoms with Crippen molar-refractivity contribution in [2.75, 3.05) is 6.61 Å². The third-order valence-electron chi connectivity index (χ3n) is 1.95. The predicted molar refractivity (Wildman–Crippen MR) is 50.3 cm³/mol. The van der Waals surface area contributed by atoms with Crippen LogP contribution in [-0.4, -0.2) is 6.61 Å². The number of nitrogens with zero attached hydrogens (tertiary/aromatic N) is 1. The Kier molecular flexibility index (Phi) is 2.14. The molecular weight excluding hydrogens is 205 g/mol. The summed E-state index contributed by atoms with van der Waals surface area (Å²) in [5.74, 6) is 0.00243. The van der Waals surface area contributed by atoms with Crippen molar-refractivity contribution >= 4 is 16.6 Å². The molecule has 0 fully saturated rings. The molecule has 1 aromatic carbocycles. The van der Waals surface area contributed by atoms with Crippen LogP contribution in [0.4, 0.5) is 4.39 Å². The maximum atomic E-state index is 12.8. The highest BCUT2D eigenvalue weighted by molar-refractivity contribution is 6.50. The number of nitriles is 1. The minimum absolute atomic E-state index is 0.103. The molecule has 0 unspecified atom stereocenters. The Balaban J connectivity index is 2.59. The van der Waals surface area contributed by atoms with E-state index in [9.17, 15) is 4.39 Å². The smallest absolute Gasteiger partial charge is 0.131 e. The highest BCUT2D eigenvalue weighted by atomic mass is 35.5. The first-order valence-electron chi connectivity index (χ1n) is 3.94. The van der Waals surface area contributed by atoms with Crippen LogP contribution in [0.3, 0.4) is 0 Å². The lowest BCUT2D eigenvalue weighted by Gasteiger charge is -2.16. The van der Waals surface area contributed by atoms with Crippen molar-refractivity contribution < 1.29 is 9.13 Å². The van der Waals surface area contributed by atoms with Crippen LogP contribution in [0.5, 0.6) is 5.75 Å². The zero-order valence-electron chi connectivity index (χ0n) is 7.05. The van der Waals surface area contributed by atoms with Gasteiger partial charge in [-0.25, -0.2) is 4.39 Å². The van der Waals surface area contributed by atoms with Gasteiger partial charge in [-0.1, -0.05) is 11.6 Å². The molecular formula is C10H5ClFNO. The lowest BCUT2D eigenvalue weighted by molar-refractivity contribution is 0.349. The Hall–Kier alpha value is -1.53. The SMILES string of the molecule is N#CC1=C(Cl)c2ccc(F)cc2OC1. The van der Waals surface area contributed by atoms with Gasteiger partial charge in [-0.15, -0.1) is 0 Å². The number of fused-ring (bicyclic) bond motifs is 1. The van der Waals surface area contributed by atoms with Gasteiger partial charge in [-0.05, 0) is 12.1 Å². The highest BCUT2D eigenvalue weighted by Gasteiger charge is 2.18. The Labute approximate surface area is 85.2 Å². The monoisotopic (exact) mass is 209 g/mol. The number of benzene rings is 1. The maximum absolute atomic E-state index is 12.8. The van der Waals surface area contributed by atoms with E-state index in [1.807, 2.05) is 6.07 Å². The minimum Gasteiger partial charge on any atom is -0.487 e. The van der Waals surface area contributed by atoms with Gasteiger partial charge in [0.1, 0.15) is 18.2 Å². The summed E-state index contributed by atoms with van der Waals surface area (Å²) in [5.41, 5.74) is 0.932. The van der Waals surface area contributed by atoms with Crippen LogP contribution in [-0.2, 0) is 0 Å². The van der Waals surface area contributed by atoms with Gasteiger partial charge in [0.2, 0.25) is 0 Å². The van der Waals surface area contributed by atoms with Gasteiger partial charge in [0.25, 0.3) is 0 Å². The van der Waals surface area contributed by atoms with Crippen molar-refractivity contribution in [2.45, 2.75) is 0 Å². The Morgan fingerprint density at radius 3 is 3.00 bits per heavy atom. The number of hydrogen-bond donors (Lipinski definition) is 0. The normalized spacial score (nSPS) is 14.4. The van der Waals surface area contributed by atoms with Crippen LogP contribution in [0, 0.1) is 17.1 Å². The fraction of sp³-hybridized carbons (Fsp3) is 0.100. The second-order valence-electron chi connectivity index (χ2n) is 2.83. The summed E-state index contributed by atoms with van der Waals surface area (Å²) in [6.45, 7) is 0.103. The average molecular weight is 210 g/mol. The van der Waals surface area contributed by atoms with Crippen molar-refractivity contribution in [3.8, 4) is 11.8 Å². The molecule has 1 aromatic rings. The number of halogens is 2. The number of ether oxygens (including phenoxy) is 1. The van der Waals surface area contributed by atoms with Gasteiger partial charge in [0.05, 0.1) is 16.7 Å². The molecule has 1 aliphatic rings. The Morgan fingerprint density at radius 1 is 1.50 bits per heavy atom. The third kappa shape index (κ3) is 1.34. The Bertz CT molecular complexity index is 462. The van der Waals surface area contributed by atoms with E-state index in [0.29, 0.717) is 21.9 Å². The summed E-state index contributed by atoms with van der Waals surface area (Å²) in [4.78, 5) is 0. The van der Waals surface area contributed by atoms with Gasteiger partial charge >= 0.3 is 0 Å². The lowest BCUT2D eigenvalue weighted by atomic mass is 10.1. The molecule has 1 aliphatic heterocycles.